The van der Waals surface area contributed by atoms with Crippen LogP contribution in [0.3, 0.4) is 0 Å². The number of carbonyl (C=O) groups is 8. The number of rotatable bonds is 78. The fourth-order valence-corrected chi connectivity index (χ4v) is 12.9. The minimum Gasteiger partial charge on any atom is -0.548 e. The van der Waals surface area contributed by atoms with Crippen LogP contribution in [-0.4, -0.2) is 487 Å². The van der Waals surface area contributed by atoms with Crippen LogP contribution in [0.4, 0.5) is 0 Å². The molecule has 128 heavy (non-hydrogen) atoms. The van der Waals surface area contributed by atoms with E-state index >= 15 is 0 Å². The summed E-state index contributed by atoms with van der Waals surface area (Å²) < 4.78 is 47.2. The molecule has 0 spiro atoms. The van der Waals surface area contributed by atoms with E-state index in [0.717, 1.165) is 0 Å². The maximum atomic E-state index is 14.1. The lowest BCUT2D eigenvalue weighted by atomic mass is 9.94. The summed E-state index contributed by atoms with van der Waals surface area (Å²) in [6, 6.07) is -7.04. The van der Waals surface area contributed by atoms with E-state index in [2.05, 4.69) is 10.6 Å². The summed E-state index contributed by atoms with van der Waals surface area (Å²) in [5.74, 6) is -11.3. The summed E-state index contributed by atoms with van der Waals surface area (Å²) in [4.78, 5) is 118. The van der Waals surface area contributed by atoms with Gasteiger partial charge in [-0.15, -0.1) is 0 Å². The van der Waals surface area contributed by atoms with Crippen LogP contribution in [0, 0.1) is 67.0 Å². The molecule has 752 valence electrons. The Morgan fingerprint density at radius 2 is 0.461 bits per heavy atom. The van der Waals surface area contributed by atoms with Gasteiger partial charge in [-0.1, -0.05) is 55.4 Å². The number of aliphatic hydroxyl groups is 16. The fraction of sp³-hybridized carbons (Fsp3) is 0.905. The normalized spacial score (nSPS) is 15.7. The smallest absolute Gasteiger partial charge is 0.220 e. The Morgan fingerprint density at radius 1 is 0.297 bits per heavy atom. The van der Waals surface area contributed by atoms with Gasteiger partial charge >= 0.3 is 0 Å². The highest BCUT2D eigenvalue weighted by molar-refractivity contribution is 5.78. The number of nitrogens with one attached hydrogen (secondary N) is 2. The molecule has 0 radical (unpaired) electrons. The molecule has 1 aliphatic heterocycles. The molecule has 44 heteroatoms. The van der Waals surface area contributed by atoms with Gasteiger partial charge in [0.2, 0.25) is 24.6 Å². The molecular weight excluding hydrogens is 1700 g/mol. The van der Waals surface area contributed by atoms with Gasteiger partial charge in [0.1, 0.15) is 0 Å². The molecular formula is C84H156N8O36-4. The molecule has 0 saturated carbocycles. The van der Waals surface area contributed by atoms with E-state index in [1.54, 1.807) is 55.4 Å². The number of carbonyl (C=O) groups excluding carboxylic acids is 8. The van der Waals surface area contributed by atoms with Crippen molar-refractivity contribution >= 4 is 48.5 Å². The highest BCUT2D eigenvalue weighted by atomic mass is 16.5. The molecule has 1 aliphatic rings. The monoisotopic (exact) mass is 1850 g/mol. The Bertz CT molecular complexity index is 2730. The molecule has 1 heterocycles. The van der Waals surface area contributed by atoms with Crippen LogP contribution in [0.15, 0.2) is 0 Å². The molecule has 1 fully saturated rings. The zero-order valence-electron chi connectivity index (χ0n) is 76.5. The van der Waals surface area contributed by atoms with Gasteiger partial charge in [0, 0.05) is 184 Å². The molecule has 1 rings (SSSR count). The number of hydrogen-bond acceptors (Lipinski definition) is 40. The quantitative estimate of drug-likeness (QED) is 0.0251. The van der Waals surface area contributed by atoms with E-state index in [9.17, 15) is 140 Å². The third-order valence-corrected chi connectivity index (χ3v) is 23.2. The predicted molar refractivity (Wildman–Crippen MR) is 449 cm³/mol. The van der Waals surface area contributed by atoms with Gasteiger partial charge in [-0.25, -0.2) is 0 Å². The lowest BCUT2D eigenvalue weighted by Crippen LogP contribution is -2.60. The lowest BCUT2D eigenvalue weighted by Gasteiger charge is -2.43. The van der Waals surface area contributed by atoms with E-state index in [0.29, 0.717) is 12.8 Å². The summed E-state index contributed by atoms with van der Waals surface area (Å²) in [7, 11) is 0. The van der Waals surface area contributed by atoms with E-state index in [4.69, 9.17) is 37.9 Å². The standard InChI is InChI=1S/C84H160N8O36/c1-77(37-93,38-94)53-121-29-63(30-122-54-78(2,39-95)40-96)25-85-71(111)11-9-67(73(113)114)89-17-18-90(68(74(115)116)10-12-72(112)86-26-64(31-123-55-79(3,41-97)42-98)32-124-56-80(4,43-99)44-100)20-22-92(70(76(119)120)14-16-88(62-110)28-66(35-127-59-83(7,49-105)50-106)36-128-60-84(8,51-107)52-108)24-23-91(21-19-89)69(75(117)118)13-15-87(61-109)27-65(33-125-57-81(5,45-101)46-102)34-126-58-82(6,47-103)48-104/h61-70,93-108H,9-60H2,1-8H3,(H,85,111)(H,86,112)(H,113,114)(H,115,116)(H,117,118)(H,119,120)/p-4. The van der Waals surface area contributed by atoms with Crippen molar-refractivity contribution < 1.29 is 178 Å². The minimum atomic E-state index is -1.78. The first-order valence-electron chi connectivity index (χ1n) is 43.6. The predicted octanol–water partition coefficient (Wildman–Crippen LogP) is -12.3. The molecule has 0 aromatic carbocycles. The van der Waals surface area contributed by atoms with E-state index in [1.807, 2.05) is 0 Å². The maximum Gasteiger partial charge on any atom is 0.220 e. The SMILES string of the molecule is CC(CO)(CO)COCC(CNC(=O)CCC(C(=O)[O-])N1CCN(C(CCC(=O)NCC(COCC(C)(CO)CO)COCC(C)(CO)CO)C(=O)[O-])CCN(C(CCN(C=O)CC(COCC(C)(CO)CO)COCC(C)(CO)CO)C(=O)[O-])CCN(C(CCN(C=O)CC(COCC(C)(CO)CO)COCC(C)(CO)CO)C(=O)[O-])CC1)COCC(C)(CO)CO. The van der Waals surface area contributed by atoms with E-state index in [-0.39, 0.29) is 145 Å². The topological polar surface area (TPSA) is 670 Å². The Labute approximate surface area is 752 Å². The van der Waals surface area contributed by atoms with Crippen LogP contribution in [0.2, 0.25) is 0 Å². The van der Waals surface area contributed by atoms with Gasteiger partial charge in [0.05, 0.1) is 247 Å². The van der Waals surface area contributed by atoms with Crippen LogP contribution in [0.5, 0.6) is 0 Å². The summed E-state index contributed by atoms with van der Waals surface area (Å²) in [6.45, 7) is -2.87. The molecule has 4 unspecified atom stereocenters. The third kappa shape index (κ3) is 46.5. The van der Waals surface area contributed by atoms with Gasteiger partial charge in [-0.3, -0.25) is 38.8 Å². The Balaban J connectivity index is 4.47. The Kier molecular flexibility index (Phi) is 60.1. The highest BCUT2D eigenvalue weighted by Crippen LogP contribution is 2.26. The Hall–Kier alpha value is -5.36. The first-order chi connectivity index (χ1) is 60.5. The van der Waals surface area contributed by atoms with Crippen LogP contribution >= 0.6 is 0 Å². The number of amides is 4. The molecule has 44 nitrogen and oxygen atoms in total. The molecule has 0 aromatic heterocycles. The number of ether oxygens (including phenoxy) is 8. The summed E-state index contributed by atoms with van der Waals surface area (Å²) in [5.41, 5.74) is -8.75. The summed E-state index contributed by atoms with van der Waals surface area (Å²) in [6.07, 6.45) is -2.30. The molecule has 0 aromatic rings. The van der Waals surface area contributed by atoms with E-state index < -0.39 is 323 Å². The van der Waals surface area contributed by atoms with Gasteiger partial charge < -0.3 is 180 Å². The van der Waals surface area contributed by atoms with Crippen LogP contribution in [0.1, 0.15) is 93.9 Å². The van der Waals surface area contributed by atoms with Crippen molar-refractivity contribution in [1.82, 2.24) is 40.0 Å². The number of aliphatic carboxylic acids is 4. The zero-order valence-corrected chi connectivity index (χ0v) is 76.5. The van der Waals surface area contributed by atoms with E-state index in [1.165, 1.54) is 29.4 Å². The van der Waals surface area contributed by atoms with Crippen molar-refractivity contribution in [3.8, 4) is 0 Å². The second kappa shape index (κ2) is 63.8. The minimum absolute atomic E-state index is 0.131. The molecule has 0 bridgehead atoms. The lowest BCUT2D eigenvalue weighted by molar-refractivity contribution is -0.315. The van der Waals surface area contributed by atoms with Crippen molar-refractivity contribution in [3.63, 3.8) is 0 Å². The first-order valence-corrected chi connectivity index (χ1v) is 43.6. The largest absolute Gasteiger partial charge is 0.548 e. The van der Waals surface area contributed by atoms with Gasteiger partial charge in [-0.2, -0.15) is 0 Å². The van der Waals surface area contributed by atoms with Crippen molar-refractivity contribution in [2.45, 2.75) is 118 Å². The summed E-state index contributed by atoms with van der Waals surface area (Å²) >= 11 is 0. The number of nitrogens with zero attached hydrogens (tertiary/aromatic N) is 6. The second-order valence-corrected chi connectivity index (χ2v) is 37.5. The van der Waals surface area contributed by atoms with Crippen LogP contribution < -0.4 is 31.1 Å². The molecule has 18 N–H and O–H groups in total. The third-order valence-electron chi connectivity index (χ3n) is 23.2. The van der Waals surface area contributed by atoms with Crippen molar-refractivity contribution in [2.24, 2.45) is 67.0 Å². The number of aliphatic hydroxyl groups excluding tert-OH is 16. The van der Waals surface area contributed by atoms with Crippen LogP contribution in [-0.2, 0) is 76.3 Å². The average molecular weight is 1850 g/mol. The maximum absolute atomic E-state index is 14.1. The molecule has 4 atom stereocenters. The van der Waals surface area contributed by atoms with Gasteiger partial charge in [-0.05, 0) is 25.7 Å². The van der Waals surface area contributed by atoms with Gasteiger partial charge in [0.25, 0.3) is 0 Å². The second-order valence-electron chi connectivity index (χ2n) is 37.5. The zero-order chi connectivity index (χ0) is 96.8. The van der Waals surface area contributed by atoms with Crippen LogP contribution in [0.25, 0.3) is 0 Å². The number of hydrogen-bond donors (Lipinski definition) is 18. The number of carboxylic acids is 4. The average Bonchev–Trinajstić information content (AvgIpc) is 0.834. The fourth-order valence-electron chi connectivity index (χ4n) is 12.9. The Morgan fingerprint density at radius 3 is 0.617 bits per heavy atom. The molecule has 1 saturated heterocycles. The summed E-state index contributed by atoms with van der Waals surface area (Å²) in [5, 5.41) is 221. The first kappa shape index (κ1) is 121. The number of carboxylic acid groups (broad SMARTS) is 4. The van der Waals surface area contributed by atoms with Gasteiger partial charge in [0.15, 0.2) is 0 Å². The molecule has 0 aliphatic carbocycles. The van der Waals surface area contributed by atoms with Crippen molar-refractivity contribution in [2.75, 3.05) is 303 Å². The van der Waals surface area contributed by atoms with Crippen molar-refractivity contribution in [3.05, 3.63) is 0 Å². The highest BCUT2D eigenvalue weighted by Gasteiger charge is 2.36. The molecule has 4 amide bonds. The van der Waals surface area contributed by atoms with Crippen molar-refractivity contribution in [1.29, 1.82) is 0 Å².